The lowest BCUT2D eigenvalue weighted by molar-refractivity contribution is -0.0830. The van der Waals surface area contributed by atoms with Gasteiger partial charge >= 0.3 is 0 Å². The van der Waals surface area contributed by atoms with Crippen molar-refractivity contribution in [3.63, 3.8) is 0 Å². The molecule has 146 valence electrons. The molecule has 1 N–H and O–H groups in total. The maximum atomic E-state index is 11.8. The van der Waals surface area contributed by atoms with Crippen molar-refractivity contribution in [2.45, 2.75) is 64.0 Å². The molecule has 1 fully saturated rings. The Balaban J connectivity index is 1.88. The summed E-state index contributed by atoms with van der Waals surface area (Å²) < 4.78 is 0. The number of rotatable bonds is 6. The van der Waals surface area contributed by atoms with Gasteiger partial charge in [-0.1, -0.05) is 61.4 Å². The first-order chi connectivity index (χ1) is 12.9. The van der Waals surface area contributed by atoms with Gasteiger partial charge in [0, 0.05) is 12.0 Å². The average molecular weight is 366 g/mol. The van der Waals surface area contributed by atoms with E-state index in [1.165, 1.54) is 28.7 Å². The van der Waals surface area contributed by atoms with E-state index in [0.717, 1.165) is 32.1 Å². The molecule has 27 heavy (non-hydrogen) atoms. The Hall–Kier alpha value is -1.64. The first kappa shape index (κ1) is 20.1. The molecule has 3 rings (SSSR count). The van der Waals surface area contributed by atoms with Gasteiger partial charge in [-0.2, -0.15) is 0 Å². The number of benzene rings is 2. The third kappa shape index (κ3) is 4.44. The van der Waals surface area contributed by atoms with Crippen LogP contribution in [0.4, 0.5) is 0 Å². The van der Waals surface area contributed by atoms with Crippen LogP contribution in [0.5, 0.6) is 0 Å². The summed E-state index contributed by atoms with van der Waals surface area (Å²) in [4.78, 5) is 2.32. The fraction of sp³-hybridized carbons (Fsp3) is 0.520. The predicted octanol–water partition coefficient (Wildman–Crippen LogP) is 5.46. The van der Waals surface area contributed by atoms with Crippen LogP contribution in [0.2, 0.25) is 0 Å². The van der Waals surface area contributed by atoms with Gasteiger partial charge in [-0.3, -0.25) is 0 Å². The molecule has 1 saturated carbocycles. The Morgan fingerprint density at radius 3 is 2.33 bits per heavy atom. The van der Waals surface area contributed by atoms with Crippen molar-refractivity contribution in [2.24, 2.45) is 5.92 Å². The van der Waals surface area contributed by atoms with Crippen molar-refractivity contribution in [1.82, 2.24) is 4.90 Å². The largest absolute Gasteiger partial charge is 0.390 e. The van der Waals surface area contributed by atoms with E-state index < -0.39 is 5.60 Å². The molecule has 3 unspecified atom stereocenters. The molecule has 0 heterocycles. The van der Waals surface area contributed by atoms with E-state index in [-0.39, 0.29) is 12.0 Å². The standard InChI is InChI=1S/C25H35NO/c1-19-11-5-7-13-21(19)16-18-25(27)17-10-9-15-23(25)24(26(3)4)22-14-8-6-12-20(22)2/h5-8,11-14,23-24,27H,9-10,15-18H2,1-4H3. The molecule has 0 bridgehead atoms. The van der Waals surface area contributed by atoms with Crippen LogP contribution in [-0.4, -0.2) is 29.7 Å². The van der Waals surface area contributed by atoms with E-state index in [2.05, 4.69) is 81.4 Å². The molecule has 1 aliphatic carbocycles. The number of aliphatic hydroxyl groups is 1. The van der Waals surface area contributed by atoms with Crippen molar-refractivity contribution >= 4 is 0 Å². The van der Waals surface area contributed by atoms with Crippen LogP contribution < -0.4 is 0 Å². The van der Waals surface area contributed by atoms with Gasteiger partial charge < -0.3 is 10.0 Å². The first-order valence-corrected chi connectivity index (χ1v) is 10.4. The highest BCUT2D eigenvalue weighted by Crippen LogP contribution is 2.46. The zero-order valence-corrected chi connectivity index (χ0v) is 17.4. The van der Waals surface area contributed by atoms with Gasteiger partial charge in [-0.25, -0.2) is 0 Å². The molecular formula is C25H35NO. The van der Waals surface area contributed by atoms with Gasteiger partial charge in [0.05, 0.1) is 5.60 Å². The van der Waals surface area contributed by atoms with E-state index in [1.54, 1.807) is 0 Å². The van der Waals surface area contributed by atoms with Crippen molar-refractivity contribution < 1.29 is 5.11 Å². The molecule has 2 heteroatoms. The maximum absolute atomic E-state index is 11.8. The van der Waals surface area contributed by atoms with Crippen LogP contribution in [0.25, 0.3) is 0 Å². The topological polar surface area (TPSA) is 23.5 Å². The van der Waals surface area contributed by atoms with Crippen molar-refractivity contribution in [2.75, 3.05) is 14.1 Å². The number of nitrogens with zero attached hydrogens (tertiary/aromatic N) is 1. The summed E-state index contributed by atoms with van der Waals surface area (Å²) in [5.41, 5.74) is 4.79. The average Bonchev–Trinajstić information content (AvgIpc) is 2.64. The Morgan fingerprint density at radius 2 is 1.67 bits per heavy atom. The fourth-order valence-electron chi connectivity index (χ4n) is 5.03. The first-order valence-electron chi connectivity index (χ1n) is 10.4. The van der Waals surface area contributed by atoms with Gasteiger partial charge in [0.15, 0.2) is 0 Å². The Bertz CT molecular complexity index is 753. The SMILES string of the molecule is Cc1ccccc1CCC1(O)CCCCC1C(c1ccccc1C)N(C)C. The molecule has 2 aromatic rings. The molecule has 2 nitrogen and oxygen atoms in total. The smallest absolute Gasteiger partial charge is 0.0697 e. The van der Waals surface area contributed by atoms with Crippen LogP contribution in [0.15, 0.2) is 48.5 Å². The van der Waals surface area contributed by atoms with Crippen LogP contribution >= 0.6 is 0 Å². The van der Waals surface area contributed by atoms with E-state index in [9.17, 15) is 5.11 Å². The second kappa shape index (κ2) is 8.58. The minimum absolute atomic E-state index is 0.258. The number of hydrogen-bond acceptors (Lipinski definition) is 2. The van der Waals surface area contributed by atoms with Crippen molar-refractivity contribution in [1.29, 1.82) is 0 Å². The van der Waals surface area contributed by atoms with Crippen LogP contribution in [0.3, 0.4) is 0 Å². The van der Waals surface area contributed by atoms with Crippen LogP contribution in [-0.2, 0) is 6.42 Å². The van der Waals surface area contributed by atoms with Gasteiger partial charge in [0.25, 0.3) is 0 Å². The summed E-state index contributed by atoms with van der Waals surface area (Å²) in [6, 6.07) is 17.5. The number of hydrogen-bond donors (Lipinski definition) is 1. The summed E-state index contributed by atoms with van der Waals surface area (Å²) >= 11 is 0. The minimum Gasteiger partial charge on any atom is -0.390 e. The zero-order chi connectivity index (χ0) is 19.4. The molecule has 0 saturated heterocycles. The highest BCUT2D eigenvalue weighted by atomic mass is 16.3. The Morgan fingerprint density at radius 1 is 1.00 bits per heavy atom. The monoisotopic (exact) mass is 365 g/mol. The third-order valence-corrected chi connectivity index (χ3v) is 6.60. The lowest BCUT2D eigenvalue weighted by Crippen LogP contribution is -2.47. The predicted molar refractivity (Wildman–Crippen MR) is 114 cm³/mol. The second-order valence-corrected chi connectivity index (χ2v) is 8.65. The normalized spacial score (nSPS) is 24.1. The second-order valence-electron chi connectivity index (χ2n) is 8.65. The molecule has 0 amide bonds. The fourth-order valence-corrected chi connectivity index (χ4v) is 5.03. The molecule has 2 aromatic carbocycles. The summed E-state index contributed by atoms with van der Waals surface area (Å²) in [6.45, 7) is 4.37. The third-order valence-electron chi connectivity index (χ3n) is 6.60. The van der Waals surface area contributed by atoms with E-state index >= 15 is 0 Å². The van der Waals surface area contributed by atoms with Crippen molar-refractivity contribution in [3.05, 3.63) is 70.8 Å². The highest BCUT2D eigenvalue weighted by Gasteiger charge is 2.44. The summed E-state index contributed by atoms with van der Waals surface area (Å²) in [6.07, 6.45) is 6.16. The summed E-state index contributed by atoms with van der Waals surface area (Å²) in [5.74, 6) is 0.270. The molecule has 0 aliphatic heterocycles. The van der Waals surface area contributed by atoms with E-state index in [0.29, 0.717) is 0 Å². The molecule has 0 spiro atoms. The quantitative estimate of drug-likeness (QED) is 0.735. The Kier molecular flexibility index (Phi) is 6.39. The van der Waals surface area contributed by atoms with E-state index in [4.69, 9.17) is 0 Å². The van der Waals surface area contributed by atoms with E-state index in [1.807, 2.05) is 0 Å². The van der Waals surface area contributed by atoms with Crippen molar-refractivity contribution in [3.8, 4) is 0 Å². The van der Waals surface area contributed by atoms with Gasteiger partial charge in [0.1, 0.15) is 0 Å². The van der Waals surface area contributed by atoms with Crippen LogP contribution in [0, 0.1) is 19.8 Å². The lowest BCUT2D eigenvalue weighted by Gasteiger charge is -2.47. The van der Waals surface area contributed by atoms with Gasteiger partial charge in [-0.15, -0.1) is 0 Å². The lowest BCUT2D eigenvalue weighted by atomic mass is 9.67. The molecule has 3 atom stereocenters. The number of aryl methyl sites for hydroxylation is 3. The van der Waals surface area contributed by atoms with Gasteiger partial charge in [-0.05, 0) is 75.9 Å². The molecule has 0 radical (unpaired) electrons. The Labute approximate surface area is 165 Å². The minimum atomic E-state index is -0.599. The molecular weight excluding hydrogens is 330 g/mol. The maximum Gasteiger partial charge on any atom is 0.0697 e. The highest BCUT2D eigenvalue weighted by molar-refractivity contribution is 5.30. The van der Waals surface area contributed by atoms with Gasteiger partial charge in [0.2, 0.25) is 0 Å². The molecule has 1 aliphatic rings. The van der Waals surface area contributed by atoms with Crippen LogP contribution in [0.1, 0.15) is 60.4 Å². The zero-order valence-electron chi connectivity index (χ0n) is 17.4. The summed E-state index contributed by atoms with van der Waals surface area (Å²) in [5, 5.41) is 11.8. The molecule has 0 aromatic heterocycles. The summed E-state index contributed by atoms with van der Waals surface area (Å²) in [7, 11) is 4.32.